The maximum Gasteiger partial charge on any atom is 0.338 e. The third-order valence-corrected chi connectivity index (χ3v) is 5.48. The van der Waals surface area contributed by atoms with Gasteiger partial charge in [-0.15, -0.1) is 0 Å². The van der Waals surface area contributed by atoms with Crippen molar-refractivity contribution in [2.75, 3.05) is 5.32 Å². The normalized spacial score (nSPS) is 14.1. The monoisotopic (exact) mass is 404 g/mol. The first kappa shape index (κ1) is 19.9. The highest BCUT2D eigenvalue weighted by Crippen LogP contribution is 2.30. The molecule has 1 aliphatic rings. The Morgan fingerprint density at radius 1 is 1.00 bits per heavy atom. The summed E-state index contributed by atoms with van der Waals surface area (Å²) >= 11 is 0. The number of nitrogens with one attached hydrogen (secondary N) is 2. The van der Waals surface area contributed by atoms with Crippen molar-refractivity contribution in [3.05, 3.63) is 64.8 Å². The van der Waals surface area contributed by atoms with Gasteiger partial charge in [-0.3, -0.25) is 9.59 Å². The molecule has 0 fully saturated rings. The van der Waals surface area contributed by atoms with Gasteiger partial charge in [-0.25, -0.2) is 4.79 Å². The van der Waals surface area contributed by atoms with E-state index in [1.54, 1.807) is 37.3 Å². The number of aryl methyl sites for hydroxylation is 2. The van der Waals surface area contributed by atoms with Gasteiger partial charge in [0.15, 0.2) is 6.10 Å². The smallest absolute Gasteiger partial charge is 0.338 e. The number of fused-ring (bicyclic) bond motifs is 3. The molecule has 4 rings (SSSR count). The highest BCUT2D eigenvalue weighted by atomic mass is 16.5. The van der Waals surface area contributed by atoms with Crippen molar-refractivity contribution in [1.82, 2.24) is 4.98 Å². The van der Waals surface area contributed by atoms with E-state index in [0.717, 1.165) is 30.2 Å². The number of esters is 1. The number of anilines is 1. The number of carbonyl (C=O) groups is 3. The Bertz CT molecular complexity index is 1130. The molecule has 1 aromatic heterocycles. The lowest BCUT2D eigenvalue weighted by atomic mass is 9.95. The van der Waals surface area contributed by atoms with Crippen molar-refractivity contribution in [1.29, 1.82) is 0 Å². The number of Topliss-reactive ketones (excluding diaryl/α,β-unsaturated/α-hetero) is 1. The van der Waals surface area contributed by atoms with E-state index in [2.05, 4.69) is 10.3 Å². The summed E-state index contributed by atoms with van der Waals surface area (Å²) in [6.45, 7) is 2.99. The number of ketones is 1. The van der Waals surface area contributed by atoms with Crippen LogP contribution in [0.25, 0.3) is 10.9 Å². The molecule has 1 aliphatic carbocycles. The minimum atomic E-state index is -0.917. The molecular formula is C24H24N2O4. The average molecular weight is 404 g/mol. The van der Waals surface area contributed by atoms with Gasteiger partial charge < -0.3 is 15.0 Å². The molecule has 0 bridgehead atoms. The van der Waals surface area contributed by atoms with Gasteiger partial charge in [-0.05, 0) is 80.6 Å². The number of benzene rings is 2. The van der Waals surface area contributed by atoms with E-state index < -0.39 is 12.1 Å². The summed E-state index contributed by atoms with van der Waals surface area (Å²) < 4.78 is 5.45. The summed E-state index contributed by atoms with van der Waals surface area (Å²) in [6, 6.07) is 12.0. The molecule has 3 aromatic rings. The van der Waals surface area contributed by atoms with E-state index >= 15 is 0 Å². The van der Waals surface area contributed by atoms with Gasteiger partial charge in [0.2, 0.25) is 11.7 Å². The second-order valence-electron chi connectivity index (χ2n) is 7.72. The lowest BCUT2D eigenvalue weighted by molar-refractivity contribution is -0.114. The third kappa shape index (κ3) is 3.99. The molecule has 0 saturated carbocycles. The molecule has 6 heteroatoms. The Balaban J connectivity index is 1.47. The SMILES string of the molecule is CC(=O)Nc1ccc(C(=O)C(C)OC(=O)c2ccc3[nH]c4c(c3c2)CCCC4)cc1. The third-order valence-electron chi connectivity index (χ3n) is 5.48. The quantitative estimate of drug-likeness (QED) is 0.486. The molecule has 1 heterocycles. The predicted molar refractivity (Wildman–Crippen MR) is 115 cm³/mol. The summed E-state index contributed by atoms with van der Waals surface area (Å²) in [6.07, 6.45) is 3.47. The lowest BCUT2D eigenvalue weighted by Gasteiger charge is -2.13. The highest BCUT2D eigenvalue weighted by Gasteiger charge is 2.22. The fourth-order valence-electron chi connectivity index (χ4n) is 3.97. The maximum atomic E-state index is 12.7. The van der Waals surface area contributed by atoms with Crippen molar-refractivity contribution in [3.8, 4) is 0 Å². The van der Waals surface area contributed by atoms with Crippen LogP contribution in [0.3, 0.4) is 0 Å². The molecule has 0 radical (unpaired) electrons. The second kappa shape index (κ2) is 8.14. The molecule has 2 aromatic carbocycles. The standard InChI is InChI=1S/C24H24N2O4/c1-14(23(28)16-7-10-18(11-8-16)25-15(2)27)30-24(29)17-9-12-22-20(13-17)19-5-3-4-6-21(19)26-22/h7-14,26H,3-6H2,1-2H3,(H,25,27). The van der Waals surface area contributed by atoms with E-state index in [9.17, 15) is 14.4 Å². The van der Waals surface area contributed by atoms with E-state index in [-0.39, 0.29) is 11.7 Å². The van der Waals surface area contributed by atoms with E-state index in [4.69, 9.17) is 4.74 Å². The van der Waals surface area contributed by atoms with Gasteiger partial charge in [0.05, 0.1) is 5.56 Å². The Hall–Kier alpha value is -3.41. The molecule has 0 spiro atoms. The molecular weight excluding hydrogens is 380 g/mol. The van der Waals surface area contributed by atoms with Gasteiger partial charge in [-0.1, -0.05) is 0 Å². The molecule has 6 nitrogen and oxygen atoms in total. The van der Waals surface area contributed by atoms with Crippen molar-refractivity contribution >= 4 is 34.3 Å². The fraction of sp³-hybridized carbons (Fsp3) is 0.292. The van der Waals surface area contributed by atoms with Crippen LogP contribution in [0.5, 0.6) is 0 Å². The van der Waals surface area contributed by atoms with Crippen LogP contribution in [0.2, 0.25) is 0 Å². The number of carbonyl (C=O) groups excluding carboxylic acids is 3. The van der Waals surface area contributed by atoms with Gasteiger partial charge in [0, 0.05) is 34.8 Å². The Morgan fingerprint density at radius 3 is 2.43 bits per heavy atom. The minimum absolute atomic E-state index is 0.183. The van der Waals surface area contributed by atoms with Crippen molar-refractivity contribution in [3.63, 3.8) is 0 Å². The first-order chi connectivity index (χ1) is 14.4. The number of ether oxygens (including phenoxy) is 1. The van der Waals surface area contributed by atoms with E-state index in [1.807, 2.05) is 12.1 Å². The Labute approximate surface area is 174 Å². The van der Waals surface area contributed by atoms with Crippen LogP contribution in [0.1, 0.15) is 58.7 Å². The van der Waals surface area contributed by atoms with Crippen LogP contribution >= 0.6 is 0 Å². The predicted octanol–water partition coefficient (Wildman–Crippen LogP) is 4.43. The first-order valence-corrected chi connectivity index (χ1v) is 10.2. The zero-order valence-electron chi connectivity index (χ0n) is 17.1. The summed E-state index contributed by atoms with van der Waals surface area (Å²) in [5.74, 6) is -0.992. The summed E-state index contributed by atoms with van der Waals surface area (Å²) in [7, 11) is 0. The number of hydrogen-bond donors (Lipinski definition) is 2. The zero-order chi connectivity index (χ0) is 21.3. The molecule has 154 valence electrons. The molecule has 2 N–H and O–H groups in total. The Morgan fingerprint density at radius 2 is 1.70 bits per heavy atom. The van der Waals surface area contributed by atoms with Gasteiger partial charge >= 0.3 is 5.97 Å². The van der Waals surface area contributed by atoms with E-state index in [0.29, 0.717) is 16.8 Å². The van der Waals surface area contributed by atoms with Gasteiger partial charge in [0.1, 0.15) is 0 Å². The number of aromatic nitrogens is 1. The maximum absolute atomic E-state index is 12.7. The number of amides is 1. The summed E-state index contributed by atoms with van der Waals surface area (Å²) in [5, 5.41) is 3.71. The van der Waals surface area contributed by atoms with Crippen LogP contribution in [-0.4, -0.2) is 28.7 Å². The number of rotatable bonds is 5. The molecule has 30 heavy (non-hydrogen) atoms. The van der Waals surface area contributed by atoms with Crippen molar-refractivity contribution < 1.29 is 19.1 Å². The molecule has 1 unspecified atom stereocenters. The van der Waals surface area contributed by atoms with Crippen LogP contribution in [0.4, 0.5) is 5.69 Å². The second-order valence-corrected chi connectivity index (χ2v) is 7.72. The number of aromatic amines is 1. The van der Waals surface area contributed by atoms with E-state index in [1.165, 1.54) is 24.6 Å². The zero-order valence-corrected chi connectivity index (χ0v) is 17.1. The number of H-pyrrole nitrogens is 1. The number of hydrogen-bond acceptors (Lipinski definition) is 4. The van der Waals surface area contributed by atoms with Crippen LogP contribution < -0.4 is 5.32 Å². The fourth-order valence-corrected chi connectivity index (χ4v) is 3.97. The topological polar surface area (TPSA) is 88.3 Å². The highest BCUT2D eigenvalue weighted by molar-refractivity contribution is 6.02. The Kier molecular flexibility index (Phi) is 5.40. The molecule has 0 aliphatic heterocycles. The average Bonchev–Trinajstić information content (AvgIpc) is 3.11. The molecule has 1 amide bonds. The lowest BCUT2D eigenvalue weighted by Crippen LogP contribution is -2.24. The largest absolute Gasteiger partial charge is 0.451 e. The summed E-state index contributed by atoms with van der Waals surface area (Å²) in [5.41, 5.74) is 5.03. The van der Waals surface area contributed by atoms with Crippen molar-refractivity contribution in [2.45, 2.75) is 45.6 Å². The molecule has 1 atom stereocenters. The summed E-state index contributed by atoms with van der Waals surface area (Å²) in [4.78, 5) is 39.9. The van der Waals surface area contributed by atoms with Crippen LogP contribution in [0, 0.1) is 0 Å². The van der Waals surface area contributed by atoms with Crippen LogP contribution in [-0.2, 0) is 22.4 Å². The molecule has 0 saturated heterocycles. The van der Waals surface area contributed by atoms with Crippen molar-refractivity contribution in [2.24, 2.45) is 0 Å². The minimum Gasteiger partial charge on any atom is -0.451 e. The first-order valence-electron chi connectivity index (χ1n) is 10.2. The van der Waals surface area contributed by atoms with Crippen LogP contribution in [0.15, 0.2) is 42.5 Å². The van der Waals surface area contributed by atoms with Gasteiger partial charge in [-0.2, -0.15) is 0 Å². The van der Waals surface area contributed by atoms with Gasteiger partial charge in [0.25, 0.3) is 0 Å².